The molecular formula is C16H14N4O3. The number of imidazole rings is 1. The summed E-state index contributed by atoms with van der Waals surface area (Å²) in [7, 11) is 1.49. The smallest absolute Gasteiger partial charge is 0.342 e. The number of pyridine rings is 1. The number of hydrogen-bond donors (Lipinski definition) is 1. The molecule has 0 spiro atoms. The van der Waals surface area contributed by atoms with E-state index in [1.807, 2.05) is 18.2 Å². The van der Waals surface area contributed by atoms with Gasteiger partial charge in [-0.05, 0) is 12.1 Å². The molecule has 0 fully saturated rings. The third-order valence-electron chi connectivity index (χ3n) is 3.29. The van der Waals surface area contributed by atoms with Gasteiger partial charge in [-0.1, -0.05) is 18.2 Å². The standard InChI is InChI=1S/C16H14N4O3/c1-17-15(21)14-12(8-11-4-2-3-5-13(11)19-14)16(22)23-10-20-7-6-18-9-20/h2-9H,10H2,1H3,(H,17,21). The Labute approximate surface area is 131 Å². The maximum Gasteiger partial charge on any atom is 0.342 e. The fourth-order valence-corrected chi connectivity index (χ4v) is 2.14. The molecule has 0 aliphatic heterocycles. The lowest BCUT2D eigenvalue weighted by Gasteiger charge is -2.10. The summed E-state index contributed by atoms with van der Waals surface area (Å²) in [4.78, 5) is 32.5. The van der Waals surface area contributed by atoms with E-state index in [2.05, 4.69) is 15.3 Å². The summed E-state index contributed by atoms with van der Waals surface area (Å²) in [5.41, 5.74) is 0.808. The Hall–Kier alpha value is -3.22. The molecule has 0 saturated carbocycles. The lowest BCUT2D eigenvalue weighted by atomic mass is 10.1. The van der Waals surface area contributed by atoms with Crippen LogP contribution in [0.15, 0.2) is 49.1 Å². The highest BCUT2D eigenvalue weighted by molar-refractivity contribution is 6.06. The normalized spacial score (nSPS) is 10.5. The number of rotatable bonds is 4. The van der Waals surface area contributed by atoms with E-state index in [4.69, 9.17) is 4.74 Å². The fraction of sp³-hybridized carbons (Fsp3) is 0.125. The summed E-state index contributed by atoms with van der Waals surface area (Å²) in [6, 6.07) is 8.87. The van der Waals surface area contributed by atoms with Crippen LogP contribution in [0.1, 0.15) is 20.8 Å². The van der Waals surface area contributed by atoms with Gasteiger partial charge in [-0.3, -0.25) is 4.79 Å². The molecule has 0 aliphatic rings. The van der Waals surface area contributed by atoms with Crippen molar-refractivity contribution < 1.29 is 14.3 Å². The lowest BCUT2D eigenvalue weighted by molar-refractivity contribution is 0.0368. The summed E-state index contributed by atoms with van der Waals surface area (Å²) in [6.45, 7) is 0.0127. The Balaban J connectivity index is 1.96. The maximum atomic E-state index is 12.3. The quantitative estimate of drug-likeness (QED) is 0.740. The number of aromatic nitrogens is 3. The molecule has 7 nitrogen and oxygen atoms in total. The number of nitrogens with zero attached hydrogens (tertiary/aromatic N) is 3. The van der Waals surface area contributed by atoms with Crippen molar-refractivity contribution >= 4 is 22.8 Å². The molecule has 3 rings (SSSR count). The predicted octanol–water partition coefficient (Wildman–Crippen LogP) is 1.61. The van der Waals surface area contributed by atoms with Gasteiger partial charge in [0.2, 0.25) is 0 Å². The first-order valence-corrected chi connectivity index (χ1v) is 6.94. The van der Waals surface area contributed by atoms with Gasteiger partial charge in [-0.15, -0.1) is 0 Å². The van der Waals surface area contributed by atoms with E-state index < -0.39 is 11.9 Å². The van der Waals surface area contributed by atoms with Crippen LogP contribution in [0, 0.1) is 0 Å². The van der Waals surface area contributed by atoms with Gasteiger partial charge in [0.25, 0.3) is 5.91 Å². The van der Waals surface area contributed by atoms with Crippen LogP contribution in [0.5, 0.6) is 0 Å². The number of amides is 1. The van der Waals surface area contributed by atoms with Crippen LogP contribution in [-0.2, 0) is 11.5 Å². The fourth-order valence-electron chi connectivity index (χ4n) is 2.14. The van der Waals surface area contributed by atoms with Crippen molar-refractivity contribution in [3.63, 3.8) is 0 Å². The first-order chi connectivity index (χ1) is 11.2. The van der Waals surface area contributed by atoms with Crippen molar-refractivity contribution in [2.75, 3.05) is 7.05 Å². The van der Waals surface area contributed by atoms with Gasteiger partial charge in [0.15, 0.2) is 6.73 Å². The Kier molecular flexibility index (Phi) is 4.01. The summed E-state index contributed by atoms with van der Waals surface area (Å²) >= 11 is 0. The SMILES string of the molecule is CNC(=O)c1nc2ccccc2cc1C(=O)OCn1ccnc1. The van der Waals surface area contributed by atoms with Gasteiger partial charge in [-0.25, -0.2) is 14.8 Å². The van der Waals surface area contributed by atoms with Crippen molar-refractivity contribution in [1.29, 1.82) is 0 Å². The molecule has 2 aromatic heterocycles. The molecule has 1 amide bonds. The highest BCUT2D eigenvalue weighted by atomic mass is 16.5. The molecule has 0 aliphatic carbocycles. The first-order valence-electron chi connectivity index (χ1n) is 6.94. The summed E-state index contributed by atoms with van der Waals surface area (Å²) in [5, 5.41) is 3.25. The van der Waals surface area contributed by atoms with Crippen LogP contribution >= 0.6 is 0 Å². The van der Waals surface area contributed by atoms with Crippen LogP contribution < -0.4 is 5.32 Å². The molecule has 116 valence electrons. The van der Waals surface area contributed by atoms with E-state index in [1.165, 1.54) is 13.4 Å². The number of esters is 1. The second-order valence-corrected chi connectivity index (χ2v) is 4.79. The minimum absolute atomic E-state index is 0.0127. The Morgan fingerprint density at radius 1 is 1.30 bits per heavy atom. The van der Waals surface area contributed by atoms with Crippen molar-refractivity contribution in [2.45, 2.75) is 6.73 Å². The third kappa shape index (κ3) is 3.03. The zero-order chi connectivity index (χ0) is 16.2. The zero-order valence-electron chi connectivity index (χ0n) is 12.4. The number of ether oxygens (including phenoxy) is 1. The van der Waals surface area contributed by atoms with Gasteiger partial charge < -0.3 is 14.6 Å². The van der Waals surface area contributed by atoms with Gasteiger partial charge in [0.05, 0.1) is 17.4 Å². The number of nitrogens with one attached hydrogen (secondary N) is 1. The van der Waals surface area contributed by atoms with Gasteiger partial charge >= 0.3 is 5.97 Å². The molecule has 0 unspecified atom stereocenters. The molecule has 0 saturated heterocycles. The van der Waals surface area contributed by atoms with Gasteiger partial charge in [-0.2, -0.15) is 0 Å². The molecular weight excluding hydrogens is 296 g/mol. The molecule has 1 aromatic carbocycles. The van der Waals surface area contributed by atoms with E-state index in [1.54, 1.807) is 29.1 Å². The summed E-state index contributed by atoms with van der Waals surface area (Å²) < 4.78 is 6.82. The first kappa shape index (κ1) is 14.7. The lowest BCUT2D eigenvalue weighted by Crippen LogP contribution is -2.23. The molecule has 0 atom stereocenters. The van der Waals surface area contributed by atoms with Crippen LogP contribution in [0.4, 0.5) is 0 Å². The van der Waals surface area contributed by atoms with Crippen molar-refractivity contribution in [3.05, 3.63) is 60.3 Å². The number of carbonyl (C=O) groups is 2. The average molecular weight is 310 g/mol. The molecule has 0 radical (unpaired) electrons. The van der Waals surface area contributed by atoms with E-state index in [0.29, 0.717) is 5.52 Å². The van der Waals surface area contributed by atoms with Crippen molar-refractivity contribution in [2.24, 2.45) is 0 Å². The van der Waals surface area contributed by atoms with Crippen LogP contribution in [-0.4, -0.2) is 33.5 Å². The highest BCUT2D eigenvalue weighted by Gasteiger charge is 2.20. The minimum Gasteiger partial charge on any atom is -0.440 e. The Morgan fingerprint density at radius 2 is 2.13 bits per heavy atom. The van der Waals surface area contributed by atoms with Crippen molar-refractivity contribution in [3.8, 4) is 0 Å². The van der Waals surface area contributed by atoms with Crippen LogP contribution in [0.3, 0.4) is 0 Å². The second kappa shape index (κ2) is 6.27. The van der Waals surface area contributed by atoms with Crippen LogP contribution in [0.25, 0.3) is 10.9 Å². The molecule has 0 bridgehead atoms. The zero-order valence-corrected chi connectivity index (χ0v) is 12.4. The van der Waals surface area contributed by atoms with Crippen molar-refractivity contribution in [1.82, 2.24) is 19.9 Å². The van der Waals surface area contributed by atoms with E-state index in [0.717, 1.165) is 5.39 Å². The summed E-state index contributed by atoms with van der Waals surface area (Å²) in [5.74, 6) is -1.05. The highest BCUT2D eigenvalue weighted by Crippen LogP contribution is 2.18. The molecule has 2 heterocycles. The predicted molar refractivity (Wildman–Crippen MR) is 82.8 cm³/mol. The Bertz CT molecular complexity index is 859. The number of para-hydroxylation sites is 1. The minimum atomic E-state index is -0.615. The molecule has 7 heteroatoms. The Morgan fingerprint density at radius 3 is 2.87 bits per heavy atom. The monoisotopic (exact) mass is 310 g/mol. The topological polar surface area (TPSA) is 86.1 Å². The number of hydrogen-bond acceptors (Lipinski definition) is 5. The largest absolute Gasteiger partial charge is 0.440 e. The van der Waals surface area contributed by atoms with Gasteiger partial charge in [0, 0.05) is 24.8 Å². The summed E-state index contributed by atoms with van der Waals surface area (Å²) in [6.07, 6.45) is 4.79. The average Bonchev–Trinajstić information content (AvgIpc) is 3.11. The number of benzene rings is 1. The van der Waals surface area contributed by atoms with Gasteiger partial charge in [0.1, 0.15) is 5.69 Å². The van der Waals surface area contributed by atoms with Crippen LogP contribution in [0.2, 0.25) is 0 Å². The molecule has 3 aromatic rings. The number of carbonyl (C=O) groups excluding carboxylic acids is 2. The van der Waals surface area contributed by atoms with E-state index >= 15 is 0 Å². The second-order valence-electron chi connectivity index (χ2n) is 4.79. The molecule has 1 N–H and O–H groups in total. The molecule has 23 heavy (non-hydrogen) atoms. The van der Waals surface area contributed by atoms with E-state index in [-0.39, 0.29) is 18.0 Å². The number of fused-ring (bicyclic) bond motifs is 1. The van der Waals surface area contributed by atoms with E-state index in [9.17, 15) is 9.59 Å². The third-order valence-corrected chi connectivity index (χ3v) is 3.29. The maximum absolute atomic E-state index is 12.3.